The highest BCUT2D eigenvalue weighted by Gasteiger charge is 2.31. The van der Waals surface area contributed by atoms with Gasteiger partial charge in [-0.1, -0.05) is 25.1 Å². The zero-order valence-electron chi connectivity index (χ0n) is 13.1. The molecule has 0 N–H and O–H groups in total. The average Bonchev–Trinajstić information content (AvgIpc) is 2.34. The molecule has 2 rings (SSSR count). The van der Waals surface area contributed by atoms with Gasteiger partial charge in [-0.05, 0) is 51.7 Å². The molecule has 2 unspecified atom stereocenters. The number of rotatable bonds is 2. The minimum absolute atomic E-state index is 0.151. The molecule has 110 valence electrons. The number of fused-ring (bicyclic) bond motifs is 1. The predicted molar refractivity (Wildman–Crippen MR) is 82.0 cm³/mol. The van der Waals surface area contributed by atoms with Crippen molar-refractivity contribution in [3.05, 3.63) is 29.8 Å². The maximum absolute atomic E-state index is 12.3. The van der Waals surface area contributed by atoms with Gasteiger partial charge in [-0.25, -0.2) is 4.79 Å². The Kier molecular flexibility index (Phi) is 4.07. The summed E-state index contributed by atoms with van der Waals surface area (Å²) in [7, 11) is 0. The Hall–Kier alpha value is -1.51. The molecule has 1 aliphatic rings. The lowest BCUT2D eigenvalue weighted by molar-refractivity contribution is -0.156. The highest BCUT2D eigenvalue weighted by atomic mass is 16.6. The van der Waals surface area contributed by atoms with Gasteiger partial charge < -0.3 is 9.64 Å². The van der Waals surface area contributed by atoms with Crippen molar-refractivity contribution in [3.8, 4) is 0 Å². The van der Waals surface area contributed by atoms with Crippen LogP contribution in [0.5, 0.6) is 0 Å². The molecule has 1 aromatic rings. The molecule has 3 heteroatoms. The van der Waals surface area contributed by atoms with Crippen LogP contribution in [0.15, 0.2) is 24.3 Å². The summed E-state index contributed by atoms with van der Waals surface area (Å²) in [5.74, 6) is 0.399. The third-order valence-electron chi connectivity index (χ3n) is 3.59. The first-order chi connectivity index (χ1) is 9.28. The number of carbonyl (C=O) groups excluding carboxylic acids is 1. The maximum Gasteiger partial charge on any atom is 0.328 e. The van der Waals surface area contributed by atoms with Crippen molar-refractivity contribution in [1.29, 1.82) is 0 Å². The van der Waals surface area contributed by atoms with Gasteiger partial charge >= 0.3 is 5.97 Å². The Morgan fingerprint density at radius 2 is 2.00 bits per heavy atom. The maximum atomic E-state index is 12.3. The second kappa shape index (κ2) is 5.47. The van der Waals surface area contributed by atoms with Crippen molar-refractivity contribution in [2.75, 3.05) is 11.4 Å². The standard InChI is InChI=1S/C17H25NO2/c1-12-10-14-8-6-7-9-15(14)18(11-12)13(2)16(19)20-17(3,4)5/h6-9,12-13H,10-11H2,1-5H3. The largest absolute Gasteiger partial charge is 0.458 e. The van der Waals surface area contributed by atoms with E-state index < -0.39 is 5.60 Å². The van der Waals surface area contributed by atoms with Gasteiger partial charge in [-0.2, -0.15) is 0 Å². The first-order valence-electron chi connectivity index (χ1n) is 7.35. The van der Waals surface area contributed by atoms with Gasteiger partial charge in [0.1, 0.15) is 11.6 Å². The highest BCUT2D eigenvalue weighted by molar-refractivity contribution is 5.80. The molecule has 3 nitrogen and oxygen atoms in total. The van der Waals surface area contributed by atoms with Crippen LogP contribution in [0.3, 0.4) is 0 Å². The quantitative estimate of drug-likeness (QED) is 0.775. The number of hydrogen-bond acceptors (Lipinski definition) is 3. The topological polar surface area (TPSA) is 29.5 Å². The number of ether oxygens (including phenoxy) is 1. The van der Waals surface area contributed by atoms with E-state index in [2.05, 4.69) is 30.0 Å². The molecule has 2 atom stereocenters. The van der Waals surface area contributed by atoms with Crippen LogP contribution in [0.1, 0.15) is 40.2 Å². The van der Waals surface area contributed by atoms with Crippen molar-refractivity contribution in [2.45, 2.75) is 52.7 Å². The van der Waals surface area contributed by atoms with Gasteiger partial charge in [-0.3, -0.25) is 0 Å². The van der Waals surface area contributed by atoms with Crippen LogP contribution in [0.2, 0.25) is 0 Å². The molecule has 0 radical (unpaired) electrons. The van der Waals surface area contributed by atoms with Gasteiger partial charge in [0.05, 0.1) is 0 Å². The fourth-order valence-corrected chi connectivity index (χ4v) is 2.72. The van der Waals surface area contributed by atoms with E-state index in [-0.39, 0.29) is 12.0 Å². The summed E-state index contributed by atoms with van der Waals surface area (Å²) in [4.78, 5) is 14.5. The number of anilines is 1. The van der Waals surface area contributed by atoms with Crippen LogP contribution < -0.4 is 4.90 Å². The van der Waals surface area contributed by atoms with E-state index in [0.29, 0.717) is 5.92 Å². The minimum Gasteiger partial charge on any atom is -0.458 e. The van der Waals surface area contributed by atoms with E-state index in [4.69, 9.17) is 4.74 Å². The van der Waals surface area contributed by atoms with Gasteiger partial charge in [-0.15, -0.1) is 0 Å². The zero-order valence-corrected chi connectivity index (χ0v) is 13.1. The monoisotopic (exact) mass is 275 g/mol. The minimum atomic E-state index is -0.438. The molecule has 0 amide bonds. The molecule has 1 aromatic carbocycles. The summed E-state index contributed by atoms with van der Waals surface area (Å²) in [6, 6.07) is 8.09. The number of para-hydroxylation sites is 1. The molecule has 1 heterocycles. The molecular weight excluding hydrogens is 250 g/mol. The zero-order chi connectivity index (χ0) is 14.9. The van der Waals surface area contributed by atoms with Crippen LogP contribution in [-0.4, -0.2) is 24.2 Å². The van der Waals surface area contributed by atoms with Crippen molar-refractivity contribution >= 4 is 11.7 Å². The Bertz CT molecular complexity index is 490. The summed E-state index contributed by atoms with van der Waals surface area (Å²) in [6.07, 6.45) is 1.08. The lowest BCUT2D eigenvalue weighted by atomic mass is 9.93. The number of nitrogens with zero attached hydrogens (tertiary/aromatic N) is 1. The van der Waals surface area contributed by atoms with E-state index in [1.54, 1.807) is 0 Å². The molecule has 20 heavy (non-hydrogen) atoms. The first-order valence-corrected chi connectivity index (χ1v) is 7.35. The number of esters is 1. The molecule has 0 fully saturated rings. The molecule has 1 aliphatic heterocycles. The molecule has 0 bridgehead atoms. The fraction of sp³-hybridized carbons (Fsp3) is 0.588. The molecular formula is C17H25NO2. The number of benzene rings is 1. The number of hydrogen-bond donors (Lipinski definition) is 0. The van der Waals surface area contributed by atoms with Crippen LogP contribution in [-0.2, 0) is 16.0 Å². The Labute approximate surface area is 121 Å². The van der Waals surface area contributed by atoms with E-state index in [1.807, 2.05) is 33.8 Å². The average molecular weight is 275 g/mol. The van der Waals surface area contributed by atoms with Gasteiger partial charge in [0.15, 0.2) is 0 Å². The van der Waals surface area contributed by atoms with Crippen LogP contribution in [0.25, 0.3) is 0 Å². The first kappa shape index (κ1) is 14.9. The van der Waals surface area contributed by atoms with Gasteiger partial charge in [0.25, 0.3) is 0 Å². The van der Waals surface area contributed by atoms with Gasteiger partial charge in [0.2, 0.25) is 0 Å². The van der Waals surface area contributed by atoms with E-state index >= 15 is 0 Å². The van der Waals surface area contributed by atoms with E-state index in [0.717, 1.165) is 13.0 Å². The number of carbonyl (C=O) groups is 1. The Balaban J connectivity index is 2.22. The second-order valence-corrected chi connectivity index (χ2v) is 6.80. The van der Waals surface area contributed by atoms with E-state index in [1.165, 1.54) is 11.3 Å². The second-order valence-electron chi connectivity index (χ2n) is 6.80. The molecule has 0 aliphatic carbocycles. The smallest absolute Gasteiger partial charge is 0.328 e. The third-order valence-corrected chi connectivity index (χ3v) is 3.59. The highest BCUT2D eigenvalue weighted by Crippen LogP contribution is 2.31. The van der Waals surface area contributed by atoms with Crippen molar-refractivity contribution in [3.63, 3.8) is 0 Å². The SMILES string of the molecule is CC1Cc2ccccc2N(C(C)C(=O)OC(C)(C)C)C1. The van der Waals surface area contributed by atoms with Crippen LogP contribution >= 0.6 is 0 Å². The molecule has 0 saturated heterocycles. The summed E-state index contributed by atoms with van der Waals surface area (Å²) in [5, 5.41) is 0. The van der Waals surface area contributed by atoms with Crippen LogP contribution in [0.4, 0.5) is 5.69 Å². The molecule has 0 spiro atoms. The summed E-state index contributed by atoms with van der Waals surface area (Å²) >= 11 is 0. The third kappa shape index (κ3) is 3.33. The summed E-state index contributed by atoms with van der Waals surface area (Å²) < 4.78 is 5.52. The lowest BCUT2D eigenvalue weighted by Crippen LogP contribution is -2.47. The lowest BCUT2D eigenvalue weighted by Gasteiger charge is -2.38. The summed E-state index contributed by atoms with van der Waals surface area (Å²) in [5.41, 5.74) is 2.05. The fourth-order valence-electron chi connectivity index (χ4n) is 2.72. The Morgan fingerprint density at radius 3 is 2.65 bits per heavy atom. The van der Waals surface area contributed by atoms with Crippen molar-refractivity contribution in [1.82, 2.24) is 0 Å². The molecule has 0 saturated carbocycles. The predicted octanol–water partition coefficient (Wildman–Crippen LogP) is 3.42. The Morgan fingerprint density at radius 1 is 1.35 bits per heavy atom. The van der Waals surface area contributed by atoms with E-state index in [9.17, 15) is 4.79 Å². The van der Waals surface area contributed by atoms with Crippen molar-refractivity contribution < 1.29 is 9.53 Å². The van der Waals surface area contributed by atoms with Crippen LogP contribution in [0, 0.1) is 5.92 Å². The normalized spacial score (nSPS) is 20.2. The molecule has 0 aromatic heterocycles. The van der Waals surface area contributed by atoms with Crippen molar-refractivity contribution in [2.24, 2.45) is 5.92 Å². The summed E-state index contributed by atoms with van der Waals surface area (Å²) in [6.45, 7) is 10.8. The van der Waals surface area contributed by atoms with Gasteiger partial charge in [0, 0.05) is 12.2 Å².